The highest BCUT2D eigenvalue weighted by Gasteiger charge is 2.39. The van der Waals surface area contributed by atoms with Gasteiger partial charge in [-0.05, 0) is 69.9 Å². The molecule has 1 aromatic carbocycles. The second-order valence-electron chi connectivity index (χ2n) is 7.74. The Kier molecular flexibility index (Phi) is 7.31. The van der Waals surface area contributed by atoms with Crippen molar-refractivity contribution in [2.75, 3.05) is 39.8 Å². The topological polar surface area (TPSA) is 61.9 Å². The van der Waals surface area contributed by atoms with Gasteiger partial charge < -0.3 is 19.9 Å². The predicted octanol–water partition coefficient (Wildman–Crippen LogP) is 2.60. The molecule has 1 N–H and O–H groups in total. The predicted molar refractivity (Wildman–Crippen MR) is 109 cm³/mol. The number of ether oxygens (including phenoxy) is 1. The fraction of sp³-hybridized carbons (Fsp3) is 0.636. The van der Waals surface area contributed by atoms with Gasteiger partial charge in [0.1, 0.15) is 5.75 Å². The normalized spacial score (nSPS) is 23.1. The maximum atomic E-state index is 13.0. The molecule has 0 saturated carbocycles. The Hall–Kier alpha value is -2.08. The van der Waals surface area contributed by atoms with Gasteiger partial charge in [0.2, 0.25) is 11.8 Å². The van der Waals surface area contributed by atoms with Gasteiger partial charge in [0.05, 0.1) is 19.1 Å². The van der Waals surface area contributed by atoms with Crippen molar-refractivity contribution in [2.24, 2.45) is 5.92 Å². The number of hydrogen-bond acceptors (Lipinski definition) is 4. The van der Waals surface area contributed by atoms with Crippen molar-refractivity contribution in [1.29, 1.82) is 0 Å². The van der Waals surface area contributed by atoms with Gasteiger partial charge in [-0.25, -0.2) is 0 Å². The highest BCUT2D eigenvalue weighted by molar-refractivity contribution is 5.85. The summed E-state index contributed by atoms with van der Waals surface area (Å²) in [6, 6.07) is 7.52. The van der Waals surface area contributed by atoms with E-state index in [0.717, 1.165) is 24.3 Å². The molecule has 0 bridgehead atoms. The Morgan fingerprint density at radius 3 is 2.57 bits per heavy atom. The van der Waals surface area contributed by atoms with E-state index < -0.39 is 0 Å². The van der Waals surface area contributed by atoms with Crippen LogP contribution in [0.3, 0.4) is 0 Å². The van der Waals surface area contributed by atoms with Crippen LogP contribution in [0.2, 0.25) is 0 Å². The average Bonchev–Trinajstić information content (AvgIpc) is 3.24. The van der Waals surface area contributed by atoms with Gasteiger partial charge in [0, 0.05) is 19.5 Å². The van der Waals surface area contributed by atoms with Gasteiger partial charge in [0.15, 0.2) is 0 Å². The lowest BCUT2D eigenvalue weighted by Crippen LogP contribution is -2.48. The molecule has 6 heteroatoms. The zero-order valence-electron chi connectivity index (χ0n) is 17.2. The van der Waals surface area contributed by atoms with Crippen LogP contribution in [0, 0.1) is 5.92 Å². The summed E-state index contributed by atoms with van der Waals surface area (Å²) >= 11 is 0. The Bertz CT molecular complexity index is 655. The van der Waals surface area contributed by atoms with Gasteiger partial charge in [-0.2, -0.15) is 0 Å². The van der Waals surface area contributed by atoms with E-state index in [-0.39, 0.29) is 23.8 Å². The fourth-order valence-corrected chi connectivity index (χ4v) is 4.47. The Morgan fingerprint density at radius 1 is 1.21 bits per heavy atom. The lowest BCUT2D eigenvalue weighted by molar-refractivity contribution is -0.143. The number of carbonyl (C=O) groups excluding carboxylic acids is 2. The molecule has 2 saturated heterocycles. The van der Waals surface area contributed by atoms with Gasteiger partial charge in [0.25, 0.3) is 0 Å². The first-order valence-electron chi connectivity index (χ1n) is 10.6. The summed E-state index contributed by atoms with van der Waals surface area (Å²) in [5, 5.41) is 3.13. The first-order chi connectivity index (χ1) is 13.6. The zero-order valence-corrected chi connectivity index (χ0v) is 17.2. The minimum absolute atomic E-state index is 0.0631. The van der Waals surface area contributed by atoms with E-state index in [1.54, 1.807) is 7.11 Å². The van der Waals surface area contributed by atoms with Crippen molar-refractivity contribution in [1.82, 2.24) is 15.1 Å². The minimum atomic E-state index is -0.212. The van der Waals surface area contributed by atoms with Gasteiger partial charge in [-0.15, -0.1) is 0 Å². The molecule has 1 aromatic rings. The van der Waals surface area contributed by atoms with Gasteiger partial charge >= 0.3 is 0 Å². The van der Waals surface area contributed by atoms with Crippen molar-refractivity contribution < 1.29 is 14.3 Å². The molecular formula is C22H33N3O3. The Labute approximate surface area is 168 Å². The summed E-state index contributed by atoms with van der Waals surface area (Å²) in [5.41, 5.74) is 0.993. The SMILES string of the molecule is CCN1C(=O)CC[C@@H](C(=O)NCCCN2CCCC2)[C@@H]1c1ccc(OC)cc1. The molecule has 0 aliphatic carbocycles. The van der Waals surface area contributed by atoms with Crippen molar-refractivity contribution in [2.45, 2.75) is 45.1 Å². The monoisotopic (exact) mass is 387 g/mol. The summed E-state index contributed by atoms with van der Waals surface area (Å²) in [6.45, 7) is 6.69. The minimum Gasteiger partial charge on any atom is -0.497 e. The van der Waals surface area contributed by atoms with Gasteiger partial charge in [-0.3, -0.25) is 9.59 Å². The van der Waals surface area contributed by atoms with Gasteiger partial charge in [-0.1, -0.05) is 12.1 Å². The molecule has 2 aliphatic heterocycles. The Morgan fingerprint density at radius 2 is 1.93 bits per heavy atom. The molecule has 0 spiro atoms. The maximum Gasteiger partial charge on any atom is 0.225 e. The van der Waals surface area contributed by atoms with E-state index in [1.807, 2.05) is 36.1 Å². The molecule has 2 fully saturated rings. The van der Waals surface area contributed by atoms with Crippen LogP contribution in [0.15, 0.2) is 24.3 Å². The third-order valence-electron chi connectivity index (χ3n) is 5.99. The van der Waals surface area contributed by atoms with Crippen LogP contribution in [0.25, 0.3) is 0 Å². The number of likely N-dealkylation sites (tertiary alicyclic amines) is 2. The van der Waals surface area contributed by atoms with Crippen molar-refractivity contribution in [3.63, 3.8) is 0 Å². The van der Waals surface area contributed by atoms with Crippen LogP contribution in [0.4, 0.5) is 0 Å². The second-order valence-corrected chi connectivity index (χ2v) is 7.74. The molecule has 2 amide bonds. The number of nitrogens with one attached hydrogen (secondary N) is 1. The fourth-order valence-electron chi connectivity index (χ4n) is 4.47. The number of amides is 2. The summed E-state index contributed by atoms with van der Waals surface area (Å²) < 4.78 is 5.25. The van der Waals surface area contributed by atoms with Crippen LogP contribution < -0.4 is 10.1 Å². The molecule has 154 valence electrons. The number of carbonyl (C=O) groups is 2. The zero-order chi connectivity index (χ0) is 19.9. The Balaban J connectivity index is 1.65. The highest BCUT2D eigenvalue weighted by Crippen LogP contribution is 2.37. The molecule has 2 heterocycles. The molecule has 6 nitrogen and oxygen atoms in total. The third kappa shape index (κ3) is 4.85. The van der Waals surface area contributed by atoms with Crippen molar-refractivity contribution in [3.05, 3.63) is 29.8 Å². The number of nitrogens with zero attached hydrogens (tertiary/aromatic N) is 2. The summed E-state index contributed by atoms with van der Waals surface area (Å²) in [6.07, 6.45) is 4.59. The number of rotatable bonds is 8. The highest BCUT2D eigenvalue weighted by atomic mass is 16.5. The van der Waals surface area contributed by atoms with Crippen molar-refractivity contribution >= 4 is 11.8 Å². The van der Waals surface area contributed by atoms with Crippen molar-refractivity contribution in [3.8, 4) is 5.75 Å². The van der Waals surface area contributed by atoms with Crippen LogP contribution in [-0.4, -0.2) is 61.4 Å². The van der Waals surface area contributed by atoms with E-state index in [2.05, 4.69) is 10.2 Å². The molecule has 0 radical (unpaired) electrons. The number of hydrogen-bond donors (Lipinski definition) is 1. The van der Waals surface area contributed by atoms with Crippen LogP contribution in [0.5, 0.6) is 5.75 Å². The smallest absolute Gasteiger partial charge is 0.225 e. The molecule has 28 heavy (non-hydrogen) atoms. The average molecular weight is 388 g/mol. The van der Waals surface area contributed by atoms with E-state index >= 15 is 0 Å². The summed E-state index contributed by atoms with van der Waals surface area (Å²) in [5.74, 6) is 0.754. The van der Waals surface area contributed by atoms with Crippen LogP contribution >= 0.6 is 0 Å². The second kappa shape index (κ2) is 9.92. The first-order valence-corrected chi connectivity index (χ1v) is 10.6. The molecular weight excluding hydrogens is 354 g/mol. The van der Waals surface area contributed by atoms with Crippen LogP contribution in [-0.2, 0) is 9.59 Å². The van der Waals surface area contributed by atoms with E-state index in [4.69, 9.17) is 4.74 Å². The summed E-state index contributed by atoms with van der Waals surface area (Å²) in [4.78, 5) is 29.8. The molecule has 2 atom stereocenters. The maximum absolute atomic E-state index is 13.0. The largest absolute Gasteiger partial charge is 0.497 e. The van der Waals surface area contributed by atoms with E-state index in [0.29, 0.717) is 25.9 Å². The summed E-state index contributed by atoms with van der Waals surface area (Å²) in [7, 11) is 1.63. The lowest BCUT2D eigenvalue weighted by atomic mass is 9.83. The third-order valence-corrected chi connectivity index (χ3v) is 5.99. The molecule has 0 aromatic heterocycles. The van der Waals surface area contributed by atoms with E-state index in [9.17, 15) is 9.59 Å². The number of piperidine rings is 1. The molecule has 3 rings (SSSR count). The molecule has 0 unspecified atom stereocenters. The number of methoxy groups -OCH3 is 1. The quantitative estimate of drug-likeness (QED) is 0.697. The first kappa shape index (κ1) is 20.6. The number of benzene rings is 1. The van der Waals surface area contributed by atoms with Crippen LogP contribution in [0.1, 0.15) is 50.6 Å². The van der Waals surface area contributed by atoms with E-state index in [1.165, 1.54) is 25.9 Å². The standard InChI is InChI=1S/C22H33N3O3/c1-3-25-20(26)12-11-19(21(25)17-7-9-18(28-2)10-8-17)22(27)23-13-6-16-24-14-4-5-15-24/h7-10,19,21H,3-6,11-16H2,1-2H3,(H,23,27)/t19-,21+/m1/s1. The molecule has 2 aliphatic rings. The lowest BCUT2D eigenvalue weighted by Gasteiger charge is -2.40.